The molecule has 0 bridgehead atoms. The number of rotatable bonds is 12. The van der Waals surface area contributed by atoms with Gasteiger partial charge in [0.05, 0.1) is 17.4 Å². The molecule has 2 heterocycles. The van der Waals surface area contributed by atoms with E-state index in [-0.39, 0.29) is 16.8 Å². The lowest BCUT2D eigenvalue weighted by molar-refractivity contribution is 0.0697. The molecule has 0 spiro atoms. The molecule has 3 aromatic rings. The van der Waals surface area contributed by atoms with Crippen LogP contribution in [0.4, 0.5) is 5.69 Å². The molecule has 0 saturated carbocycles. The van der Waals surface area contributed by atoms with Crippen molar-refractivity contribution in [2.75, 3.05) is 26.2 Å². The summed E-state index contributed by atoms with van der Waals surface area (Å²) in [4.78, 5) is 14.1. The fraction of sp³-hybridized carbons (Fsp3) is 0.500. The van der Waals surface area contributed by atoms with E-state index in [1.165, 1.54) is 31.4 Å². The Labute approximate surface area is 237 Å². The van der Waals surface area contributed by atoms with Crippen LogP contribution in [0, 0.1) is 0 Å². The minimum Gasteiger partial charge on any atom is -0.478 e. The number of aryl methyl sites for hydroxylation is 1. The summed E-state index contributed by atoms with van der Waals surface area (Å²) >= 11 is 0. The lowest BCUT2D eigenvalue weighted by Gasteiger charge is -2.29. The molecule has 0 amide bonds. The normalized spacial score (nSPS) is 15.6. The number of aliphatic hydroxyl groups excluding tert-OH is 1. The third-order valence-corrected chi connectivity index (χ3v) is 8.15. The second-order valence-electron chi connectivity index (χ2n) is 11.3. The van der Waals surface area contributed by atoms with Gasteiger partial charge >= 0.3 is 16.5 Å². The van der Waals surface area contributed by atoms with E-state index in [2.05, 4.69) is 39.1 Å². The number of carbonyl (C=O) groups is 1. The van der Waals surface area contributed by atoms with Crippen molar-refractivity contribution < 1.29 is 23.4 Å². The second kappa shape index (κ2) is 13.5. The number of aromatic carboxylic acids is 1. The number of fused-ring (bicyclic) bond motifs is 1. The van der Waals surface area contributed by atoms with Gasteiger partial charge in [0.2, 0.25) is 0 Å². The molecular weight excluding hydrogens is 528 g/mol. The Bertz CT molecular complexity index is 1450. The van der Waals surface area contributed by atoms with E-state index < -0.39 is 22.6 Å². The molecule has 1 unspecified atom stereocenters. The zero-order valence-corrected chi connectivity index (χ0v) is 24.2. The van der Waals surface area contributed by atoms with E-state index in [1.807, 2.05) is 6.07 Å². The van der Waals surface area contributed by atoms with Crippen molar-refractivity contribution in [3.63, 3.8) is 0 Å². The van der Waals surface area contributed by atoms with Crippen molar-refractivity contribution in [2.45, 2.75) is 70.6 Å². The summed E-state index contributed by atoms with van der Waals surface area (Å²) in [6.07, 6.45) is 5.95. The van der Waals surface area contributed by atoms with Crippen molar-refractivity contribution >= 4 is 33.1 Å². The van der Waals surface area contributed by atoms with Gasteiger partial charge in [0.15, 0.2) is 0 Å². The van der Waals surface area contributed by atoms with Crippen LogP contribution in [0.15, 0.2) is 52.9 Å². The van der Waals surface area contributed by atoms with Crippen LogP contribution in [0.5, 0.6) is 0 Å². The first-order chi connectivity index (χ1) is 19.1. The first-order valence-corrected chi connectivity index (χ1v) is 15.1. The molecule has 1 aromatic heterocycles. The van der Waals surface area contributed by atoms with Gasteiger partial charge in [-0.25, -0.2) is 4.79 Å². The Kier molecular flexibility index (Phi) is 10.1. The van der Waals surface area contributed by atoms with Crippen LogP contribution >= 0.6 is 0 Å². The minimum atomic E-state index is -2.55. The Morgan fingerprint density at radius 1 is 1.05 bits per heavy atom. The van der Waals surface area contributed by atoms with Gasteiger partial charge in [0.1, 0.15) is 0 Å². The Morgan fingerprint density at radius 2 is 1.80 bits per heavy atom. The molecule has 40 heavy (non-hydrogen) atoms. The molecule has 1 fully saturated rings. The van der Waals surface area contributed by atoms with Gasteiger partial charge in [-0.15, -0.1) is 4.36 Å². The summed E-state index contributed by atoms with van der Waals surface area (Å²) in [5, 5.41) is 24.6. The number of hydrogen-bond donors (Lipinski definition) is 3. The van der Waals surface area contributed by atoms with Gasteiger partial charge in [0.25, 0.3) is 0 Å². The van der Waals surface area contributed by atoms with E-state index in [4.69, 9.17) is 0 Å². The highest BCUT2D eigenvalue weighted by atomic mass is 32.2. The summed E-state index contributed by atoms with van der Waals surface area (Å²) in [6.45, 7) is 8.48. The number of nitrogens with zero attached hydrogens (tertiary/aromatic N) is 3. The van der Waals surface area contributed by atoms with Crippen LogP contribution in [-0.4, -0.2) is 65.8 Å². The second-order valence-corrected chi connectivity index (χ2v) is 11.9. The predicted molar refractivity (Wildman–Crippen MR) is 157 cm³/mol. The monoisotopic (exact) mass is 568 g/mol. The predicted octanol–water partition coefficient (Wildman–Crippen LogP) is 4.94. The van der Waals surface area contributed by atoms with Crippen LogP contribution < -0.4 is 5.32 Å². The maximum absolute atomic E-state index is 11.6. The number of likely N-dealkylation sites (tertiary alicyclic amines) is 1. The van der Waals surface area contributed by atoms with Gasteiger partial charge in [-0.3, -0.25) is 0 Å². The van der Waals surface area contributed by atoms with Gasteiger partial charge in [0, 0.05) is 48.2 Å². The first kappa shape index (κ1) is 29.9. The standard InChI is InChI=1S/C30H40N4O5S/c1-30(2,31-21-28(35)22-8-7-9-25(19-22)32-40(38)39)13-17-34-26(12-16-33-14-5-3-4-6-15-33)20-24-18-23(29(36)37)10-11-27(24)34/h7-11,18-20,28,31,35H,3-6,12-17,21H2,1-2H3,(H,36,37). The average molecular weight is 569 g/mol. The summed E-state index contributed by atoms with van der Waals surface area (Å²) in [5.41, 5.74) is 3.09. The Balaban J connectivity index is 1.45. The van der Waals surface area contributed by atoms with E-state index in [1.54, 1.807) is 36.4 Å². The number of aromatic nitrogens is 1. The van der Waals surface area contributed by atoms with Crippen LogP contribution in [0.2, 0.25) is 0 Å². The van der Waals surface area contributed by atoms with Crippen molar-refractivity contribution in [1.82, 2.24) is 14.8 Å². The third-order valence-electron chi connectivity index (χ3n) is 7.79. The highest BCUT2D eigenvalue weighted by Gasteiger charge is 2.21. The molecule has 10 heteroatoms. The van der Waals surface area contributed by atoms with E-state index in [0.29, 0.717) is 12.1 Å². The molecule has 0 radical (unpaired) electrons. The summed E-state index contributed by atoms with van der Waals surface area (Å²) < 4.78 is 27.6. The Morgan fingerprint density at radius 3 is 2.50 bits per heavy atom. The maximum Gasteiger partial charge on any atom is 0.335 e. The van der Waals surface area contributed by atoms with Gasteiger partial charge in [-0.05, 0) is 88.2 Å². The number of β-amino-alcohol motifs (C(OH)–C–C–N with tert-alkyl or cyclic N) is 1. The molecule has 1 aliphatic heterocycles. The topological polar surface area (TPSA) is 124 Å². The van der Waals surface area contributed by atoms with Crippen LogP contribution in [0.3, 0.4) is 0 Å². The molecular formula is C30H40N4O5S. The molecule has 2 aromatic carbocycles. The number of nitrogens with one attached hydrogen (secondary N) is 1. The van der Waals surface area contributed by atoms with E-state index in [9.17, 15) is 23.4 Å². The fourth-order valence-electron chi connectivity index (χ4n) is 5.41. The van der Waals surface area contributed by atoms with Crippen LogP contribution in [-0.2, 0) is 23.5 Å². The third kappa shape index (κ3) is 8.23. The fourth-order valence-corrected chi connectivity index (χ4v) is 5.70. The molecule has 1 aliphatic rings. The van der Waals surface area contributed by atoms with Crippen LogP contribution in [0.1, 0.15) is 73.7 Å². The number of benzene rings is 2. The van der Waals surface area contributed by atoms with Gasteiger partial charge in [-0.1, -0.05) is 25.0 Å². The quantitative estimate of drug-likeness (QED) is 0.283. The largest absolute Gasteiger partial charge is 0.478 e. The molecule has 216 valence electrons. The SMILES string of the molecule is CC(C)(CCn1c(CCN2CCCCCC2)cc2cc(C(=O)O)ccc21)NCC(O)c1cccc(N=S(=O)=O)c1. The average Bonchev–Trinajstić information content (AvgIpc) is 3.05. The van der Waals surface area contributed by atoms with Crippen LogP contribution in [0.25, 0.3) is 10.9 Å². The zero-order valence-electron chi connectivity index (χ0n) is 23.3. The molecule has 1 atom stereocenters. The lowest BCUT2D eigenvalue weighted by atomic mass is 9.99. The smallest absolute Gasteiger partial charge is 0.335 e. The molecule has 1 saturated heterocycles. The van der Waals surface area contributed by atoms with Gasteiger partial charge in [-0.2, -0.15) is 8.42 Å². The summed E-state index contributed by atoms with van der Waals surface area (Å²) in [7, 11) is -2.55. The van der Waals surface area contributed by atoms with Crippen molar-refractivity contribution in [3.8, 4) is 0 Å². The molecule has 3 N–H and O–H groups in total. The van der Waals surface area contributed by atoms with Crippen molar-refractivity contribution in [1.29, 1.82) is 0 Å². The molecule has 0 aliphatic carbocycles. The maximum atomic E-state index is 11.6. The Hall–Kier alpha value is -3.05. The molecule has 9 nitrogen and oxygen atoms in total. The summed E-state index contributed by atoms with van der Waals surface area (Å²) in [5.74, 6) is -0.926. The number of hydrogen-bond acceptors (Lipinski definition) is 7. The minimum absolute atomic E-state index is 0.280. The first-order valence-electron chi connectivity index (χ1n) is 14.0. The number of carboxylic acids is 1. The number of carboxylic acid groups (broad SMARTS) is 1. The zero-order chi connectivity index (χ0) is 28.7. The highest BCUT2D eigenvalue weighted by molar-refractivity contribution is 7.61. The highest BCUT2D eigenvalue weighted by Crippen LogP contribution is 2.25. The van der Waals surface area contributed by atoms with E-state index >= 15 is 0 Å². The van der Waals surface area contributed by atoms with Crippen molar-refractivity contribution in [2.24, 2.45) is 4.36 Å². The van der Waals surface area contributed by atoms with Crippen molar-refractivity contribution in [3.05, 3.63) is 65.4 Å². The van der Waals surface area contributed by atoms with Gasteiger partial charge < -0.3 is 25.0 Å². The molecule has 4 rings (SSSR count). The summed E-state index contributed by atoms with van der Waals surface area (Å²) in [6, 6.07) is 14.0. The number of aliphatic hydroxyl groups is 1. The lowest BCUT2D eigenvalue weighted by Crippen LogP contribution is -2.42. The van der Waals surface area contributed by atoms with E-state index in [0.717, 1.165) is 49.9 Å².